The maximum Gasteiger partial charge on any atom is 0.221 e. The summed E-state index contributed by atoms with van der Waals surface area (Å²) in [6.45, 7) is 0. The molecule has 0 amide bonds. The number of hydrogen-bond acceptors (Lipinski definition) is 5. The van der Waals surface area contributed by atoms with Gasteiger partial charge in [-0.3, -0.25) is 4.99 Å². The van der Waals surface area contributed by atoms with Crippen LogP contribution in [0.2, 0.25) is 0 Å². The molecule has 5 heteroatoms. The van der Waals surface area contributed by atoms with Crippen molar-refractivity contribution in [2.45, 2.75) is 6.04 Å². The van der Waals surface area contributed by atoms with Crippen LogP contribution in [-0.2, 0) is 0 Å². The molecule has 2 heterocycles. The second-order valence-electron chi connectivity index (χ2n) is 1.94. The molecule has 0 aromatic carbocycles. The SMILES string of the molecule is NC1=NC2=NC=NC2C=N1. The summed E-state index contributed by atoms with van der Waals surface area (Å²) in [7, 11) is 0. The van der Waals surface area contributed by atoms with Crippen molar-refractivity contribution in [3.63, 3.8) is 0 Å². The first-order valence-electron chi connectivity index (χ1n) is 2.84. The maximum absolute atomic E-state index is 5.31. The molecule has 2 rings (SSSR count). The zero-order valence-corrected chi connectivity index (χ0v) is 5.10. The molecule has 0 aromatic heterocycles. The van der Waals surface area contributed by atoms with Gasteiger partial charge in [0.25, 0.3) is 0 Å². The van der Waals surface area contributed by atoms with E-state index in [1.165, 1.54) is 6.34 Å². The van der Waals surface area contributed by atoms with Crippen LogP contribution >= 0.6 is 0 Å². The summed E-state index contributed by atoms with van der Waals surface area (Å²) < 4.78 is 0. The van der Waals surface area contributed by atoms with Crippen LogP contribution < -0.4 is 5.73 Å². The highest BCUT2D eigenvalue weighted by atomic mass is 15.2. The fourth-order valence-electron chi connectivity index (χ4n) is 0.801. The number of hydrogen-bond donors (Lipinski definition) is 1. The Morgan fingerprint density at radius 3 is 3.30 bits per heavy atom. The van der Waals surface area contributed by atoms with Crippen LogP contribution in [0.5, 0.6) is 0 Å². The normalized spacial score (nSPS) is 27.8. The highest BCUT2D eigenvalue weighted by Gasteiger charge is 2.18. The lowest BCUT2D eigenvalue weighted by atomic mass is 10.3. The Bertz CT molecular complexity index is 272. The van der Waals surface area contributed by atoms with Crippen LogP contribution in [0.15, 0.2) is 20.0 Å². The Kier molecular flexibility index (Phi) is 0.913. The second kappa shape index (κ2) is 1.73. The molecule has 0 radical (unpaired) electrons. The quantitative estimate of drug-likeness (QED) is 0.463. The zero-order valence-electron chi connectivity index (χ0n) is 5.10. The van der Waals surface area contributed by atoms with Crippen molar-refractivity contribution in [2.24, 2.45) is 25.7 Å². The monoisotopic (exact) mass is 135 g/mol. The molecule has 10 heavy (non-hydrogen) atoms. The fourth-order valence-corrected chi connectivity index (χ4v) is 0.801. The molecule has 1 atom stereocenters. The molecule has 5 nitrogen and oxygen atoms in total. The van der Waals surface area contributed by atoms with Gasteiger partial charge in [-0.15, -0.1) is 0 Å². The first-order chi connectivity index (χ1) is 4.86. The Hall–Kier alpha value is -1.52. The van der Waals surface area contributed by atoms with Crippen LogP contribution in [0.3, 0.4) is 0 Å². The molecule has 0 aromatic rings. The highest BCUT2D eigenvalue weighted by Crippen LogP contribution is 2.04. The van der Waals surface area contributed by atoms with Crippen LogP contribution in [-0.4, -0.2) is 30.4 Å². The molecular weight excluding hydrogens is 130 g/mol. The molecule has 0 bridgehead atoms. The third-order valence-electron chi connectivity index (χ3n) is 1.26. The van der Waals surface area contributed by atoms with E-state index in [-0.39, 0.29) is 12.0 Å². The van der Waals surface area contributed by atoms with Gasteiger partial charge in [0.2, 0.25) is 5.96 Å². The summed E-state index contributed by atoms with van der Waals surface area (Å²) in [4.78, 5) is 15.5. The van der Waals surface area contributed by atoms with E-state index < -0.39 is 0 Å². The van der Waals surface area contributed by atoms with E-state index >= 15 is 0 Å². The molecule has 0 spiro atoms. The Labute approximate surface area is 57.1 Å². The summed E-state index contributed by atoms with van der Waals surface area (Å²) in [6, 6.07) is -0.0905. The predicted molar refractivity (Wildman–Crippen MR) is 39.8 cm³/mol. The van der Waals surface area contributed by atoms with Crippen molar-refractivity contribution < 1.29 is 0 Å². The Balaban J connectivity index is 2.39. The van der Waals surface area contributed by atoms with Crippen LogP contribution in [0.25, 0.3) is 0 Å². The van der Waals surface area contributed by atoms with Gasteiger partial charge in [0.05, 0.1) is 0 Å². The molecular formula is C5H5N5. The summed E-state index contributed by atoms with van der Waals surface area (Å²) >= 11 is 0. The number of guanidine groups is 1. The molecule has 2 aliphatic rings. The summed E-state index contributed by atoms with van der Waals surface area (Å²) in [5.41, 5.74) is 5.31. The van der Waals surface area contributed by atoms with Gasteiger partial charge < -0.3 is 5.73 Å². The number of fused-ring (bicyclic) bond motifs is 1. The van der Waals surface area contributed by atoms with Crippen molar-refractivity contribution in [2.75, 3.05) is 0 Å². The van der Waals surface area contributed by atoms with E-state index in [2.05, 4.69) is 20.0 Å². The van der Waals surface area contributed by atoms with Gasteiger partial charge >= 0.3 is 0 Å². The van der Waals surface area contributed by atoms with E-state index in [4.69, 9.17) is 5.73 Å². The van der Waals surface area contributed by atoms with Gasteiger partial charge in [0.1, 0.15) is 12.4 Å². The minimum absolute atomic E-state index is 0.0905. The second-order valence-corrected chi connectivity index (χ2v) is 1.94. The van der Waals surface area contributed by atoms with E-state index in [0.717, 1.165) is 0 Å². The predicted octanol–water partition coefficient (Wildman–Crippen LogP) is -0.806. The summed E-state index contributed by atoms with van der Waals surface area (Å²) in [5, 5.41) is 0. The first kappa shape index (κ1) is 5.28. The minimum atomic E-state index is -0.0905. The summed E-state index contributed by atoms with van der Waals surface area (Å²) in [6.07, 6.45) is 3.10. The molecule has 0 aliphatic carbocycles. The van der Waals surface area contributed by atoms with E-state index in [1.54, 1.807) is 6.21 Å². The molecule has 50 valence electrons. The van der Waals surface area contributed by atoms with Gasteiger partial charge in [0, 0.05) is 6.21 Å². The van der Waals surface area contributed by atoms with Crippen molar-refractivity contribution >= 4 is 24.3 Å². The van der Waals surface area contributed by atoms with Gasteiger partial charge in [-0.1, -0.05) is 0 Å². The zero-order chi connectivity index (χ0) is 6.97. The molecule has 0 saturated heterocycles. The number of nitrogens with zero attached hydrogens (tertiary/aromatic N) is 4. The van der Waals surface area contributed by atoms with Gasteiger partial charge in [-0.25, -0.2) is 9.98 Å². The molecule has 1 unspecified atom stereocenters. The van der Waals surface area contributed by atoms with E-state index in [1.807, 2.05) is 0 Å². The third kappa shape index (κ3) is 0.637. The molecule has 0 saturated carbocycles. The smallest absolute Gasteiger partial charge is 0.221 e. The number of nitrogens with two attached hydrogens (primary N) is 1. The van der Waals surface area contributed by atoms with Crippen molar-refractivity contribution in [3.8, 4) is 0 Å². The Morgan fingerprint density at radius 1 is 1.50 bits per heavy atom. The van der Waals surface area contributed by atoms with Crippen molar-refractivity contribution in [1.82, 2.24) is 0 Å². The van der Waals surface area contributed by atoms with E-state index in [9.17, 15) is 0 Å². The minimum Gasteiger partial charge on any atom is -0.368 e. The van der Waals surface area contributed by atoms with Crippen LogP contribution in [0.1, 0.15) is 0 Å². The number of amidine groups is 1. The lowest BCUT2D eigenvalue weighted by molar-refractivity contribution is 1.16. The van der Waals surface area contributed by atoms with Gasteiger partial charge in [-0.2, -0.15) is 4.99 Å². The topological polar surface area (TPSA) is 75.5 Å². The fraction of sp³-hybridized carbons (Fsp3) is 0.200. The van der Waals surface area contributed by atoms with E-state index in [0.29, 0.717) is 5.84 Å². The van der Waals surface area contributed by atoms with Crippen LogP contribution in [0.4, 0.5) is 0 Å². The van der Waals surface area contributed by atoms with Gasteiger partial charge in [0.15, 0.2) is 5.84 Å². The largest absolute Gasteiger partial charge is 0.368 e. The van der Waals surface area contributed by atoms with Gasteiger partial charge in [-0.05, 0) is 0 Å². The average Bonchev–Trinajstić information content (AvgIpc) is 2.33. The number of aliphatic imine (C=N–C) groups is 4. The maximum atomic E-state index is 5.31. The number of rotatable bonds is 0. The lowest BCUT2D eigenvalue weighted by Gasteiger charge is -2.04. The third-order valence-corrected chi connectivity index (χ3v) is 1.26. The first-order valence-corrected chi connectivity index (χ1v) is 2.84. The molecule has 2 N–H and O–H groups in total. The average molecular weight is 135 g/mol. The van der Waals surface area contributed by atoms with Crippen molar-refractivity contribution in [3.05, 3.63) is 0 Å². The highest BCUT2D eigenvalue weighted by molar-refractivity contribution is 6.16. The Morgan fingerprint density at radius 2 is 2.40 bits per heavy atom. The molecule has 2 aliphatic heterocycles. The summed E-state index contributed by atoms with van der Waals surface area (Å²) in [5.74, 6) is 0.882. The van der Waals surface area contributed by atoms with Crippen LogP contribution in [0, 0.1) is 0 Å². The standard InChI is InChI=1S/C5H5N5/c6-5-7-1-3-4(10-5)9-2-8-3/h1-3H,(H2,6,8,9,10). The lowest BCUT2D eigenvalue weighted by Crippen LogP contribution is -2.25. The van der Waals surface area contributed by atoms with Crippen molar-refractivity contribution in [1.29, 1.82) is 0 Å². The molecule has 0 fully saturated rings.